The standard InChI is InChI=1S/C19H18F3N3O4/c1-28-18(27)12-6-14(19(20,21)22)9-15(7-12)24-17(26)13-8-16(11-23-10-13)25-2-4-29-5-3-25/h6-11H,2-5H2,1H3,(H,24,26). The van der Waals surface area contributed by atoms with Crippen LogP contribution in [0.2, 0.25) is 0 Å². The van der Waals surface area contributed by atoms with Gasteiger partial charge in [0.05, 0.1) is 48.9 Å². The number of pyridine rings is 1. The number of hydrogen-bond acceptors (Lipinski definition) is 6. The van der Waals surface area contributed by atoms with E-state index in [1.54, 1.807) is 12.3 Å². The van der Waals surface area contributed by atoms with Crippen molar-refractivity contribution in [3.63, 3.8) is 0 Å². The van der Waals surface area contributed by atoms with Crippen LogP contribution in [0.5, 0.6) is 0 Å². The van der Waals surface area contributed by atoms with Crippen molar-refractivity contribution >= 4 is 23.3 Å². The third-order valence-electron chi connectivity index (χ3n) is 4.30. The van der Waals surface area contributed by atoms with Gasteiger partial charge in [0.2, 0.25) is 0 Å². The molecule has 1 aliphatic rings. The fraction of sp³-hybridized carbons (Fsp3) is 0.316. The van der Waals surface area contributed by atoms with Gasteiger partial charge in [-0.3, -0.25) is 9.78 Å². The summed E-state index contributed by atoms with van der Waals surface area (Å²) in [5, 5.41) is 2.39. The molecule has 0 unspecified atom stereocenters. The molecule has 1 aromatic carbocycles. The first kappa shape index (κ1) is 20.6. The zero-order valence-corrected chi connectivity index (χ0v) is 15.5. The Morgan fingerprint density at radius 1 is 1.10 bits per heavy atom. The van der Waals surface area contributed by atoms with E-state index >= 15 is 0 Å². The zero-order valence-electron chi connectivity index (χ0n) is 15.5. The lowest BCUT2D eigenvalue weighted by Crippen LogP contribution is -2.36. The van der Waals surface area contributed by atoms with Crippen LogP contribution in [0.25, 0.3) is 0 Å². The number of alkyl halides is 3. The van der Waals surface area contributed by atoms with Crippen molar-refractivity contribution in [3.8, 4) is 0 Å². The minimum Gasteiger partial charge on any atom is -0.465 e. The maximum atomic E-state index is 13.1. The number of benzene rings is 1. The molecule has 0 atom stereocenters. The summed E-state index contributed by atoms with van der Waals surface area (Å²) in [4.78, 5) is 30.3. The third kappa shape index (κ3) is 5.02. The Hall–Kier alpha value is -3.14. The Kier molecular flexibility index (Phi) is 6.02. The average molecular weight is 409 g/mol. The number of nitrogens with one attached hydrogen (secondary N) is 1. The van der Waals surface area contributed by atoms with Crippen molar-refractivity contribution < 1.29 is 32.2 Å². The number of aromatic nitrogens is 1. The summed E-state index contributed by atoms with van der Waals surface area (Å²) in [7, 11) is 1.06. The number of hydrogen-bond donors (Lipinski definition) is 1. The van der Waals surface area contributed by atoms with Crippen molar-refractivity contribution in [2.24, 2.45) is 0 Å². The van der Waals surface area contributed by atoms with E-state index in [4.69, 9.17) is 4.74 Å². The van der Waals surface area contributed by atoms with Gasteiger partial charge in [-0.25, -0.2) is 4.79 Å². The highest BCUT2D eigenvalue weighted by Gasteiger charge is 2.32. The number of carbonyl (C=O) groups excluding carboxylic acids is 2. The molecule has 1 aliphatic heterocycles. The van der Waals surface area contributed by atoms with E-state index in [0.717, 1.165) is 19.2 Å². The van der Waals surface area contributed by atoms with Crippen LogP contribution in [0, 0.1) is 0 Å². The van der Waals surface area contributed by atoms with Crippen LogP contribution in [0.15, 0.2) is 36.7 Å². The van der Waals surface area contributed by atoms with Gasteiger partial charge in [-0.15, -0.1) is 0 Å². The molecule has 2 heterocycles. The first-order valence-corrected chi connectivity index (χ1v) is 8.67. The van der Waals surface area contributed by atoms with Gasteiger partial charge in [-0.05, 0) is 24.3 Å². The van der Waals surface area contributed by atoms with E-state index in [-0.39, 0.29) is 16.8 Å². The average Bonchev–Trinajstić information content (AvgIpc) is 2.73. The van der Waals surface area contributed by atoms with Crippen molar-refractivity contribution in [1.82, 2.24) is 4.98 Å². The fourth-order valence-corrected chi connectivity index (χ4v) is 2.85. The van der Waals surface area contributed by atoms with Gasteiger partial charge in [0.1, 0.15) is 0 Å². The van der Waals surface area contributed by atoms with Gasteiger partial charge in [-0.2, -0.15) is 13.2 Å². The molecule has 1 fully saturated rings. The van der Waals surface area contributed by atoms with Crippen LogP contribution in [-0.2, 0) is 15.7 Å². The van der Waals surface area contributed by atoms with Crippen molar-refractivity contribution in [2.45, 2.75) is 6.18 Å². The van der Waals surface area contributed by atoms with Crippen LogP contribution >= 0.6 is 0 Å². The predicted octanol–water partition coefficient (Wildman–Crippen LogP) is 2.98. The second kappa shape index (κ2) is 8.48. The summed E-state index contributed by atoms with van der Waals surface area (Å²) in [6.45, 7) is 2.39. The molecule has 3 rings (SSSR count). The second-order valence-electron chi connectivity index (χ2n) is 6.27. The highest BCUT2D eigenvalue weighted by Crippen LogP contribution is 2.32. The molecule has 1 saturated heterocycles. The lowest BCUT2D eigenvalue weighted by atomic mass is 10.1. The van der Waals surface area contributed by atoms with Crippen LogP contribution in [0.4, 0.5) is 24.5 Å². The van der Waals surface area contributed by atoms with Crippen LogP contribution < -0.4 is 10.2 Å². The van der Waals surface area contributed by atoms with E-state index in [2.05, 4.69) is 15.0 Å². The third-order valence-corrected chi connectivity index (χ3v) is 4.30. The van der Waals surface area contributed by atoms with Gasteiger partial charge >= 0.3 is 12.1 Å². The Morgan fingerprint density at radius 3 is 2.48 bits per heavy atom. The minimum atomic E-state index is -4.69. The molecule has 0 saturated carbocycles. The molecule has 1 N–H and O–H groups in total. The van der Waals surface area contributed by atoms with Crippen molar-refractivity contribution in [3.05, 3.63) is 53.3 Å². The number of carbonyl (C=O) groups is 2. The van der Waals surface area contributed by atoms with Crippen molar-refractivity contribution in [1.29, 1.82) is 0 Å². The quantitative estimate of drug-likeness (QED) is 0.782. The molecule has 2 aromatic rings. The smallest absolute Gasteiger partial charge is 0.416 e. The number of nitrogens with zero attached hydrogens (tertiary/aromatic N) is 2. The van der Waals surface area contributed by atoms with E-state index in [0.29, 0.717) is 38.1 Å². The molecule has 154 valence electrons. The molecule has 1 aromatic heterocycles. The van der Waals surface area contributed by atoms with Gasteiger partial charge in [0.15, 0.2) is 0 Å². The molecule has 0 aliphatic carbocycles. The Labute approximate surface area is 164 Å². The van der Waals surface area contributed by atoms with E-state index in [1.165, 1.54) is 6.20 Å². The lowest BCUT2D eigenvalue weighted by Gasteiger charge is -2.28. The first-order chi connectivity index (χ1) is 13.8. The van der Waals surface area contributed by atoms with Gasteiger partial charge in [-0.1, -0.05) is 0 Å². The number of halogens is 3. The molecule has 0 bridgehead atoms. The van der Waals surface area contributed by atoms with E-state index in [9.17, 15) is 22.8 Å². The fourth-order valence-electron chi connectivity index (χ4n) is 2.85. The maximum absolute atomic E-state index is 13.1. The number of methoxy groups -OCH3 is 1. The highest BCUT2D eigenvalue weighted by atomic mass is 19.4. The Morgan fingerprint density at radius 2 is 1.83 bits per heavy atom. The van der Waals surface area contributed by atoms with Crippen LogP contribution in [0.3, 0.4) is 0 Å². The summed E-state index contributed by atoms with van der Waals surface area (Å²) < 4.78 is 49.2. The maximum Gasteiger partial charge on any atom is 0.416 e. The van der Waals surface area contributed by atoms with Gasteiger partial charge < -0.3 is 19.7 Å². The zero-order chi connectivity index (χ0) is 21.0. The number of amides is 1. The Bertz CT molecular complexity index is 912. The van der Waals surface area contributed by atoms with Crippen molar-refractivity contribution in [2.75, 3.05) is 43.6 Å². The molecular formula is C19H18F3N3O4. The van der Waals surface area contributed by atoms with Crippen LogP contribution in [0.1, 0.15) is 26.3 Å². The minimum absolute atomic E-state index is 0.172. The first-order valence-electron chi connectivity index (χ1n) is 8.67. The summed E-state index contributed by atoms with van der Waals surface area (Å²) in [6.07, 6.45) is -1.78. The number of esters is 1. The summed E-state index contributed by atoms with van der Waals surface area (Å²) in [5.74, 6) is -1.59. The molecule has 0 radical (unpaired) electrons. The normalized spacial score (nSPS) is 14.4. The number of anilines is 2. The SMILES string of the molecule is COC(=O)c1cc(NC(=O)c2cncc(N3CCOCC3)c2)cc(C(F)(F)F)c1. The molecule has 10 heteroatoms. The summed E-state index contributed by atoms with van der Waals surface area (Å²) in [5.41, 5.74) is -0.693. The topological polar surface area (TPSA) is 80.8 Å². The number of rotatable bonds is 4. The molecular weight excluding hydrogens is 391 g/mol. The van der Waals surface area contributed by atoms with E-state index < -0.39 is 23.6 Å². The monoisotopic (exact) mass is 409 g/mol. The summed E-state index contributed by atoms with van der Waals surface area (Å²) >= 11 is 0. The lowest BCUT2D eigenvalue weighted by molar-refractivity contribution is -0.137. The number of morpholine rings is 1. The molecule has 7 nitrogen and oxygen atoms in total. The molecule has 29 heavy (non-hydrogen) atoms. The highest BCUT2D eigenvalue weighted by molar-refractivity contribution is 6.05. The molecule has 1 amide bonds. The number of ether oxygens (including phenoxy) is 2. The van der Waals surface area contributed by atoms with Gasteiger partial charge in [0, 0.05) is 25.0 Å². The second-order valence-corrected chi connectivity index (χ2v) is 6.27. The predicted molar refractivity (Wildman–Crippen MR) is 98.0 cm³/mol. The van der Waals surface area contributed by atoms with Crippen LogP contribution in [-0.4, -0.2) is 50.3 Å². The van der Waals surface area contributed by atoms with Gasteiger partial charge in [0.25, 0.3) is 5.91 Å². The van der Waals surface area contributed by atoms with E-state index in [1.807, 2.05) is 4.90 Å². The Balaban J connectivity index is 1.85. The molecule has 0 spiro atoms. The largest absolute Gasteiger partial charge is 0.465 e. The summed E-state index contributed by atoms with van der Waals surface area (Å²) in [6, 6.07) is 4.15.